The summed E-state index contributed by atoms with van der Waals surface area (Å²) in [7, 11) is 0. The van der Waals surface area contributed by atoms with Gasteiger partial charge in [-0.25, -0.2) is 4.98 Å². The zero-order chi connectivity index (χ0) is 14.3. The van der Waals surface area contributed by atoms with Crippen LogP contribution in [-0.2, 0) is 0 Å². The van der Waals surface area contributed by atoms with Crippen LogP contribution in [0.3, 0.4) is 0 Å². The lowest BCUT2D eigenvalue weighted by Gasteiger charge is -2.33. The molecule has 1 atom stereocenters. The Morgan fingerprint density at radius 1 is 1.50 bits per heavy atom. The van der Waals surface area contributed by atoms with Crippen molar-refractivity contribution in [3.05, 3.63) is 40.5 Å². The van der Waals surface area contributed by atoms with Gasteiger partial charge in [-0.15, -0.1) is 0 Å². The molecule has 20 heavy (non-hydrogen) atoms. The normalized spacial score (nSPS) is 17.6. The van der Waals surface area contributed by atoms with Gasteiger partial charge in [0.25, 0.3) is 5.91 Å². The first-order valence-corrected chi connectivity index (χ1v) is 7.03. The van der Waals surface area contributed by atoms with Gasteiger partial charge in [0.2, 0.25) is 0 Å². The number of aryl methyl sites for hydroxylation is 1. The number of fused-ring (bicyclic) bond motifs is 1. The Hall–Kier alpha value is -1.82. The van der Waals surface area contributed by atoms with Crippen molar-refractivity contribution in [3.63, 3.8) is 0 Å². The number of anilines is 1. The van der Waals surface area contributed by atoms with E-state index in [1.165, 1.54) is 6.39 Å². The Morgan fingerprint density at radius 2 is 2.30 bits per heavy atom. The molecule has 1 aliphatic heterocycles. The molecule has 0 bridgehead atoms. The zero-order valence-corrected chi connectivity index (χ0v) is 12.7. The number of carbonyl (C=O) groups is 1. The summed E-state index contributed by atoms with van der Waals surface area (Å²) in [4.78, 5) is 18.3. The second-order valence-corrected chi connectivity index (χ2v) is 5.63. The van der Waals surface area contributed by atoms with Crippen LogP contribution in [-0.4, -0.2) is 23.5 Å². The minimum Gasteiger partial charge on any atom is -0.487 e. The first-order chi connectivity index (χ1) is 9.56. The van der Waals surface area contributed by atoms with Crippen LogP contribution in [0.1, 0.15) is 23.2 Å². The first kappa shape index (κ1) is 13.2. The zero-order valence-electron chi connectivity index (χ0n) is 11.1. The number of hydrogen-bond donors (Lipinski definition) is 0. The summed E-state index contributed by atoms with van der Waals surface area (Å²) in [6, 6.07) is 5.61. The molecule has 0 radical (unpaired) electrons. The standard InChI is InChI=1S/C14H13BrN2O3/c1-8-6-17(14(18)13-9(2)19-7-16-13)11-5-10(15)3-4-12(11)20-8/h3-5,7-8H,6H2,1-2H3/t8-/m0/s1. The quantitative estimate of drug-likeness (QED) is 0.802. The maximum atomic E-state index is 12.6. The van der Waals surface area contributed by atoms with E-state index in [0.717, 1.165) is 10.2 Å². The molecular formula is C14H13BrN2O3. The second kappa shape index (κ2) is 4.94. The van der Waals surface area contributed by atoms with Crippen molar-refractivity contribution in [1.29, 1.82) is 0 Å². The number of rotatable bonds is 1. The molecule has 0 aliphatic carbocycles. The van der Waals surface area contributed by atoms with E-state index in [2.05, 4.69) is 20.9 Å². The Balaban J connectivity index is 2.04. The number of halogens is 1. The number of carbonyl (C=O) groups excluding carboxylic acids is 1. The topological polar surface area (TPSA) is 55.6 Å². The lowest BCUT2D eigenvalue weighted by molar-refractivity contribution is 0.0955. The van der Waals surface area contributed by atoms with Gasteiger partial charge in [0.05, 0.1) is 12.2 Å². The smallest absolute Gasteiger partial charge is 0.280 e. The highest BCUT2D eigenvalue weighted by Gasteiger charge is 2.30. The van der Waals surface area contributed by atoms with E-state index < -0.39 is 0 Å². The fraction of sp³-hybridized carbons (Fsp3) is 0.286. The monoisotopic (exact) mass is 336 g/mol. The van der Waals surface area contributed by atoms with Crippen molar-refractivity contribution in [3.8, 4) is 5.75 Å². The summed E-state index contributed by atoms with van der Waals surface area (Å²) in [6.45, 7) is 4.14. The van der Waals surface area contributed by atoms with Gasteiger partial charge in [-0.05, 0) is 32.0 Å². The van der Waals surface area contributed by atoms with E-state index in [9.17, 15) is 4.79 Å². The molecule has 0 spiro atoms. The number of benzene rings is 1. The third-order valence-electron chi connectivity index (χ3n) is 3.17. The van der Waals surface area contributed by atoms with Gasteiger partial charge in [0.15, 0.2) is 12.1 Å². The maximum absolute atomic E-state index is 12.6. The molecule has 0 unspecified atom stereocenters. The predicted molar refractivity (Wildman–Crippen MR) is 77.1 cm³/mol. The van der Waals surface area contributed by atoms with E-state index in [-0.39, 0.29) is 12.0 Å². The van der Waals surface area contributed by atoms with Crippen LogP contribution in [0.25, 0.3) is 0 Å². The van der Waals surface area contributed by atoms with Gasteiger partial charge >= 0.3 is 0 Å². The predicted octanol–water partition coefficient (Wildman–Crippen LogP) is 3.17. The molecule has 0 N–H and O–H groups in total. The summed E-state index contributed by atoms with van der Waals surface area (Å²) in [5.74, 6) is 1.04. The number of hydrogen-bond acceptors (Lipinski definition) is 4. The Morgan fingerprint density at radius 3 is 3.00 bits per heavy atom. The Labute approximate surface area is 124 Å². The van der Waals surface area contributed by atoms with Gasteiger partial charge < -0.3 is 9.15 Å². The maximum Gasteiger partial charge on any atom is 0.280 e. The van der Waals surface area contributed by atoms with Crippen molar-refractivity contribution in [2.24, 2.45) is 0 Å². The van der Waals surface area contributed by atoms with Gasteiger partial charge in [-0.1, -0.05) is 15.9 Å². The van der Waals surface area contributed by atoms with Crippen molar-refractivity contribution in [1.82, 2.24) is 4.98 Å². The van der Waals surface area contributed by atoms with E-state index in [0.29, 0.717) is 23.7 Å². The van der Waals surface area contributed by atoms with E-state index >= 15 is 0 Å². The summed E-state index contributed by atoms with van der Waals surface area (Å²) in [5, 5.41) is 0. The van der Waals surface area contributed by atoms with Gasteiger partial charge in [-0.3, -0.25) is 9.69 Å². The highest BCUT2D eigenvalue weighted by molar-refractivity contribution is 9.10. The molecule has 1 aliphatic rings. The molecule has 6 heteroatoms. The molecule has 1 aromatic carbocycles. The molecule has 0 saturated heterocycles. The SMILES string of the molecule is Cc1ocnc1C(=O)N1C[C@H](C)Oc2ccc(Br)cc21. The van der Waals surface area contributed by atoms with Crippen LogP contribution in [0.4, 0.5) is 5.69 Å². The van der Waals surface area contributed by atoms with Crippen molar-refractivity contribution in [2.45, 2.75) is 20.0 Å². The van der Waals surface area contributed by atoms with Crippen molar-refractivity contribution < 1.29 is 13.9 Å². The number of ether oxygens (including phenoxy) is 1. The van der Waals surface area contributed by atoms with E-state index in [1.807, 2.05) is 25.1 Å². The lowest BCUT2D eigenvalue weighted by Crippen LogP contribution is -2.42. The number of amides is 1. The largest absolute Gasteiger partial charge is 0.487 e. The molecule has 104 valence electrons. The molecule has 1 aromatic heterocycles. The molecule has 2 heterocycles. The molecule has 2 aromatic rings. The average molecular weight is 337 g/mol. The van der Waals surface area contributed by atoms with E-state index in [1.54, 1.807) is 11.8 Å². The molecule has 1 amide bonds. The summed E-state index contributed by atoms with van der Waals surface area (Å²) < 4.78 is 11.8. The summed E-state index contributed by atoms with van der Waals surface area (Å²) in [5.41, 5.74) is 1.08. The van der Waals surface area contributed by atoms with Gasteiger partial charge in [0.1, 0.15) is 17.6 Å². The number of aromatic nitrogens is 1. The fourth-order valence-electron chi connectivity index (χ4n) is 2.24. The fourth-order valence-corrected chi connectivity index (χ4v) is 2.59. The second-order valence-electron chi connectivity index (χ2n) is 4.71. The molecule has 0 saturated carbocycles. The number of nitrogens with zero attached hydrogens (tertiary/aromatic N) is 2. The van der Waals surface area contributed by atoms with Crippen LogP contribution in [0.2, 0.25) is 0 Å². The number of oxazole rings is 1. The highest BCUT2D eigenvalue weighted by Crippen LogP contribution is 2.36. The van der Waals surface area contributed by atoms with Gasteiger partial charge in [0, 0.05) is 4.47 Å². The summed E-state index contributed by atoms with van der Waals surface area (Å²) >= 11 is 3.42. The molecular weight excluding hydrogens is 324 g/mol. The first-order valence-electron chi connectivity index (χ1n) is 6.24. The van der Waals surface area contributed by atoms with E-state index in [4.69, 9.17) is 9.15 Å². The van der Waals surface area contributed by atoms with Crippen molar-refractivity contribution in [2.75, 3.05) is 11.4 Å². The van der Waals surface area contributed by atoms with Crippen LogP contribution >= 0.6 is 15.9 Å². The minimum atomic E-state index is -0.175. The molecule has 5 nitrogen and oxygen atoms in total. The molecule has 0 fully saturated rings. The van der Waals surface area contributed by atoms with Crippen LogP contribution in [0.5, 0.6) is 5.75 Å². The van der Waals surface area contributed by atoms with Crippen LogP contribution in [0.15, 0.2) is 33.5 Å². The highest BCUT2D eigenvalue weighted by atomic mass is 79.9. The third kappa shape index (κ3) is 2.20. The summed E-state index contributed by atoms with van der Waals surface area (Å²) in [6.07, 6.45) is 1.22. The van der Waals surface area contributed by atoms with Crippen molar-refractivity contribution >= 4 is 27.5 Å². The average Bonchev–Trinajstić information content (AvgIpc) is 2.84. The van der Waals surface area contributed by atoms with Crippen LogP contribution < -0.4 is 9.64 Å². The Bertz CT molecular complexity index is 668. The minimum absolute atomic E-state index is 0.0696. The molecule has 3 rings (SSSR count). The lowest BCUT2D eigenvalue weighted by atomic mass is 10.1. The van der Waals surface area contributed by atoms with Gasteiger partial charge in [-0.2, -0.15) is 0 Å². The Kier molecular flexibility index (Phi) is 3.25. The van der Waals surface area contributed by atoms with Crippen LogP contribution in [0, 0.1) is 6.92 Å². The third-order valence-corrected chi connectivity index (χ3v) is 3.67.